The maximum atomic E-state index is 10.4. The van der Waals surface area contributed by atoms with Gasteiger partial charge in [-0.05, 0) is 43.5 Å². The Morgan fingerprint density at radius 2 is 1.76 bits per heavy atom. The van der Waals surface area contributed by atoms with Crippen molar-refractivity contribution in [2.24, 2.45) is 16.0 Å². The summed E-state index contributed by atoms with van der Waals surface area (Å²) in [5, 5.41) is 8.03. The number of primary amides is 1. The van der Waals surface area contributed by atoms with Gasteiger partial charge in [0, 0.05) is 0 Å². The van der Waals surface area contributed by atoms with E-state index in [4.69, 9.17) is 21.9 Å². The van der Waals surface area contributed by atoms with E-state index in [1.54, 1.807) is 12.1 Å². The second kappa shape index (κ2) is 15.1. The molecule has 29 heavy (non-hydrogen) atoms. The van der Waals surface area contributed by atoms with Crippen molar-refractivity contribution in [2.75, 3.05) is 11.5 Å². The van der Waals surface area contributed by atoms with Gasteiger partial charge in [-0.25, -0.2) is 9.78 Å². The molecule has 0 bridgehead atoms. The number of halogens is 1. The van der Waals surface area contributed by atoms with Gasteiger partial charge in [0.25, 0.3) is 0 Å². The summed E-state index contributed by atoms with van der Waals surface area (Å²) in [6.45, 7) is 4.15. The molecule has 2 rings (SSSR count). The fraction of sp³-hybridized carbons (Fsp3) is 0.400. The van der Waals surface area contributed by atoms with Gasteiger partial charge in [-0.2, -0.15) is 5.11 Å². The average molecular weight is 423 g/mol. The van der Waals surface area contributed by atoms with E-state index in [1.165, 1.54) is 12.8 Å². The Morgan fingerprint density at radius 3 is 2.31 bits per heavy atom. The van der Waals surface area contributed by atoms with Crippen molar-refractivity contribution in [3.63, 3.8) is 0 Å². The van der Waals surface area contributed by atoms with Crippen LogP contribution in [0.25, 0.3) is 0 Å². The summed E-state index contributed by atoms with van der Waals surface area (Å²) in [4.78, 5) is 14.3. The van der Waals surface area contributed by atoms with Gasteiger partial charge in [0.2, 0.25) is 0 Å². The first kappa shape index (κ1) is 26.1. The van der Waals surface area contributed by atoms with Crippen LogP contribution in [0.15, 0.2) is 52.7 Å². The molecule has 0 saturated carbocycles. The third kappa shape index (κ3) is 11.5. The molecule has 1 amide bonds. The van der Waals surface area contributed by atoms with Crippen molar-refractivity contribution < 1.29 is 9.53 Å². The molecule has 1 atom stereocenters. The Balaban J connectivity index is 0.000000547. The lowest BCUT2D eigenvalue weighted by Crippen LogP contribution is -2.22. The van der Waals surface area contributed by atoms with Crippen LogP contribution >= 0.6 is 12.4 Å². The Kier molecular flexibility index (Phi) is 13.6. The summed E-state index contributed by atoms with van der Waals surface area (Å²) in [6, 6.07) is 12.7. The van der Waals surface area contributed by atoms with Crippen LogP contribution in [0.5, 0.6) is 0 Å². The number of nitrogens with two attached hydrogens (primary N) is 3. The van der Waals surface area contributed by atoms with Crippen LogP contribution in [-0.2, 0) is 4.74 Å². The lowest BCUT2D eigenvalue weighted by atomic mass is 10.1. The summed E-state index contributed by atoms with van der Waals surface area (Å²) < 4.78 is 4.88. The Morgan fingerprint density at radius 1 is 1.07 bits per heavy atom. The molecule has 1 heterocycles. The number of pyridine rings is 1. The van der Waals surface area contributed by atoms with E-state index in [0.29, 0.717) is 11.5 Å². The van der Waals surface area contributed by atoms with E-state index < -0.39 is 6.09 Å². The number of nitrogen functional groups attached to an aromatic ring is 2. The highest BCUT2D eigenvalue weighted by Gasteiger charge is 2.08. The molecule has 0 radical (unpaired) electrons. The summed E-state index contributed by atoms with van der Waals surface area (Å²) in [7, 11) is 0. The highest BCUT2D eigenvalue weighted by atomic mass is 35.5. The van der Waals surface area contributed by atoms with Gasteiger partial charge >= 0.3 is 6.09 Å². The van der Waals surface area contributed by atoms with Crippen LogP contribution in [0.2, 0.25) is 0 Å². The van der Waals surface area contributed by atoms with Crippen LogP contribution in [0.1, 0.15) is 46.0 Å². The molecule has 0 saturated heterocycles. The minimum atomic E-state index is -0.654. The summed E-state index contributed by atoms with van der Waals surface area (Å²) in [5.41, 5.74) is 17.3. The number of benzene rings is 1. The lowest BCUT2D eigenvalue weighted by Gasteiger charge is -2.13. The second-order valence-electron chi connectivity index (χ2n) is 6.14. The predicted octanol–water partition coefficient (Wildman–Crippen LogP) is 5.52. The van der Waals surface area contributed by atoms with E-state index in [-0.39, 0.29) is 24.3 Å². The van der Waals surface area contributed by atoms with Crippen molar-refractivity contribution in [2.45, 2.75) is 52.1 Å². The van der Waals surface area contributed by atoms with Crippen LogP contribution in [0, 0.1) is 0 Å². The number of rotatable bonds is 8. The van der Waals surface area contributed by atoms with Gasteiger partial charge in [0.05, 0.1) is 5.69 Å². The molecule has 0 aliphatic rings. The van der Waals surface area contributed by atoms with Gasteiger partial charge in [0.15, 0.2) is 5.82 Å². The molecule has 0 aliphatic heterocycles. The van der Waals surface area contributed by atoms with Crippen molar-refractivity contribution in [1.29, 1.82) is 0 Å². The van der Waals surface area contributed by atoms with Crippen molar-refractivity contribution in [3.05, 3.63) is 42.5 Å². The molecule has 0 aliphatic carbocycles. The highest BCUT2D eigenvalue weighted by molar-refractivity contribution is 5.85. The first-order valence-electron chi connectivity index (χ1n) is 9.41. The normalized spacial score (nSPS) is 11.1. The molecular weight excluding hydrogens is 392 g/mol. The smallest absolute Gasteiger partial charge is 0.404 e. The summed E-state index contributed by atoms with van der Waals surface area (Å²) >= 11 is 0. The number of anilines is 2. The lowest BCUT2D eigenvalue weighted by molar-refractivity contribution is 0.0970. The number of unbranched alkanes of at least 4 members (excludes halogenated alkanes) is 2. The van der Waals surface area contributed by atoms with Gasteiger partial charge in [-0.3, -0.25) is 0 Å². The fourth-order valence-corrected chi connectivity index (χ4v) is 2.31. The maximum Gasteiger partial charge on any atom is 0.404 e. The number of hydrogen-bond donors (Lipinski definition) is 3. The molecule has 160 valence electrons. The summed E-state index contributed by atoms with van der Waals surface area (Å²) in [6.07, 6.45) is 4.65. The zero-order chi connectivity index (χ0) is 20.8. The SMILES string of the molecule is CCCCCC(CC)OC(N)=O.Cl.Nc1ccc(N=Nc2ccccc2)c(N)n1. The third-order valence-electron chi connectivity index (χ3n) is 3.82. The first-order valence-corrected chi connectivity index (χ1v) is 9.41. The van der Waals surface area contributed by atoms with Crippen LogP contribution in [-0.4, -0.2) is 17.2 Å². The topological polar surface area (TPSA) is 142 Å². The molecule has 6 N–H and O–H groups in total. The molecule has 1 aromatic carbocycles. The predicted molar refractivity (Wildman–Crippen MR) is 120 cm³/mol. The summed E-state index contributed by atoms with van der Waals surface area (Å²) in [5.74, 6) is 0.649. The van der Waals surface area contributed by atoms with Crippen LogP contribution in [0.4, 0.5) is 27.8 Å². The molecular formula is C20H31ClN6O2. The Bertz CT molecular complexity index is 743. The second-order valence-corrected chi connectivity index (χ2v) is 6.14. The van der Waals surface area contributed by atoms with Crippen LogP contribution in [0.3, 0.4) is 0 Å². The number of ether oxygens (including phenoxy) is 1. The molecule has 2 aromatic rings. The number of hydrogen-bond acceptors (Lipinski definition) is 7. The monoisotopic (exact) mass is 422 g/mol. The van der Waals surface area contributed by atoms with E-state index in [1.807, 2.05) is 37.3 Å². The van der Waals surface area contributed by atoms with E-state index in [0.717, 1.165) is 24.9 Å². The van der Waals surface area contributed by atoms with Crippen LogP contribution < -0.4 is 17.2 Å². The van der Waals surface area contributed by atoms with Crippen molar-refractivity contribution in [1.82, 2.24) is 4.98 Å². The molecule has 1 aromatic heterocycles. The van der Waals surface area contributed by atoms with Gasteiger partial charge in [-0.15, -0.1) is 17.5 Å². The fourth-order valence-electron chi connectivity index (χ4n) is 2.31. The minimum Gasteiger partial charge on any atom is -0.446 e. The van der Waals surface area contributed by atoms with E-state index >= 15 is 0 Å². The maximum absolute atomic E-state index is 10.4. The quantitative estimate of drug-likeness (QED) is 0.379. The molecule has 0 spiro atoms. The average Bonchev–Trinajstić information content (AvgIpc) is 2.68. The zero-order valence-electron chi connectivity index (χ0n) is 17.0. The number of carbonyl (C=O) groups is 1. The number of nitrogens with zero attached hydrogens (tertiary/aromatic N) is 3. The minimum absolute atomic E-state index is 0. The number of aromatic nitrogens is 1. The largest absolute Gasteiger partial charge is 0.446 e. The Labute approximate surface area is 178 Å². The molecule has 1 unspecified atom stereocenters. The molecule has 8 nitrogen and oxygen atoms in total. The number of azo groups is 1. The van der Waals surface area contributed by atoms with Crippen molar-refractivity contribution >= 4 is 41.5 Å². The van der Waals surface area contributed by atoms with E-state index in [2.05, 4.69) is 22.1 Å². The molecule has 0 fully saturated rings. The number of carbonyl (C=O) groups excluding carboxylic acids is 1. The van der Waals surface area contributed by atoms with E-state index in [9.17, 15) is 4.79 Å². The standard InChI is InChI=1S/C11H11N5.C9H19NO2.ClH/c12-10-7-6-9(11(13)14-10)16-15-8-4-2-1-3-5-8;1-3-5-6-7-8(4-2)12-9(10)11;/h1-7H,(H4,12,13,14);8H,3-7H2,1-2H3,(H2,10,11);1H. The number of amides is 1. The third-order valence-corrected chi connectivity index (χ3v) is 3.82. The van der Waals surface area contributed by atoms with Crippen molar-refractivity contribution in [3.8, 4) is 0 Å². The highest BCUT2D eigenvalue weighted by Crippen LogP contribution is 2.23. The van der Waals surface area contributed by atoms with Gasteiger partial charge < -0.3 is 21.9 Å². The first-order chi connectivity index (χ1) is 13.5. The van der Waals surface area contributed by atoms with Gasteiger partial charge in [0.1, 0.15) is 17.6 Å². The van der Waals surface area contributed by atoms with Gasteiger partial charge in [-0.1, -0.05) is 44.9 Å². The molecule has 9 heteroatoms. The zero-order valence-corrected chi connectivity index (χ0v) is 17.8. The Hall–Kier alpha value is -2.87.